The smallest absolute Gasteiger partial charge is 0.300 e. The largest absolute Gasteiger partial charge is 0.461 e. The van der Waals surface area contributed by atoms with Crippen LogP contribution in [-0.2, 0) is 19.0 Å². The van der Waals surface area contributed by atoms with Gasteiger partial charge in [0, 0.05) is 6.42 Å². The van der Waals surface area contributed by atoms with E-state index < -0.39 is 28.9 Å². The van der Waals surface area contributed by atoms with Crippen molar-refractivity contribution in [2.24, 2.45) is 0 Å². The van der Waals surface area contributed by atoms with Gasteiger partial charge in [0.05, 0.1) is 11.0 Å². The van der Waals surface area contributed by atoms with Crippen LogP contribution in [0.15, 0.2) is 65.6 Å². The van der Waals surface area contributed by atoms with Gasteiger partial charge in [-0.3, -0.25) is 0 Å². The van der Waals surface area contributed by atoms with Crippen LogP contribution in [0.3, 0.4) is 0 Å². The van der Waals surface area contributed by atoms with Gasteiger partial charge in [0.15, 0.2) is 6.36 Å². The van der Waals surface area contributed by atoms with Crippen LogP contribution in [0.2, 0.25) is 0 Å². The molecule has 8 heteroatoms. The van der Waals surface area contributed by atoms with Crippen molar-refractivity contribution in [2.75, 3.05) is 0 Å². The molecule has 1 heterocycles. The highest BCUT2D eigenvalue weighted by Crippen LogP contribution is 2.34. The molecule has 0 aromatic heterocycles. The van der Waals surface area contributed by atoms with Gasteiger partial charge in [-0.25, -0.2) is 8.57 Å². The van der Waals surface area contributed by atoms with Crippen LogP contribution in [0.1, 0.15) is 19.3 Å². The van der Waals surface area contributed by atoms with Crippen molar-refractivity contribution >= 4 is 10.1 Å². The minimum Gasteiger partial charge on any atom is -0.461 e. The zero-order chi connectivity index (χ0) is 19.3. The van der Waals surface area contributed by atoms with Gasteiger partial charge in [0.2, 0.25) is 6.29 Å². The molecular weight excluding hydrogens is 375 g/mol. The van der Waals surface area contributed by atoms with E-state index in [1.54, 1.807) is 42.5 Å². The summed E-state index contributed by atoms with van der Waals surface area (Å²) < 4.78 is 54.1. The van der Waals surface area contributed by atoms with E-state index in [1.165, 1.54) is 12.1 Å². The Balaban J connectivity index is 1.69. The predicted octanol–water partition coefficient (Wildman–Crippen LogP) is 3.02. The predicted molar refractivity (Wildman–Crippen MR) is 95.2 cm³/mol. The average Bonchev–Trinajstić information content (AvgIpc) is 3.42. The highest BCUT2D eigenvalue weighted by molar-refractivity contribution is 7.86. The molecule has 1 aliphatic heterocycles. The van der Waals surface area contributed by atoms with Gasteiger partial charge >= 0.3 is 0 Å². The molecule has 0 amide bonds. The van der Waals surface area contributed by atoms with Gasteiger partial charge in [-0.15, -0.1) is 0 Å². The third-order valence-electron chi connectivity index (χ3n) is 4.07. The second kappa shape index (κ2) is 8.79. The molecule has 0 radical (unpaired) electrons. The Bertz CT molecular complexity index is 813. The zero-order valence-corrected chi connectivity index (χ0v) is 15.3. The number of hydrogen-bond acceptors (Lipinski definition) is 6. The molecule has 4 atom stereocenters. The number of para-hydroxylation sites is 1. The SMILES string of the molecule is O=S(=O)(OC(Oc1ccccc1)C1OC1CCCC(O)F)c1ccccc1. The number of alkyl halides is 1. The molecule has 0 spiro atoms. The number of epoxide rings is 1. The van der Waals surface area contributed by atoms with Crippen molar-refractivity contribution in [3.63, 3.8) is 0 Å². The summed E-state index contributed by atoms with van der Waals surface area (Å²) in [4.78, 5) is 0.0180. The lowest BCUT2D eigenvalue weighted by Crippen LogP contribution is -2.31. The molecule has 0 saturated carbocycles. The molecule has 0 aliphatic carbocycles. The Kier molecular flexibility index (Phi) is 6.43. The fraction of sp³-hybridized carbons (Fsp3) is 0.368. The minimum atomic E-state index is -4.05. The van der Waals surface area contributed by atoms with Crippen LogP contribution in [-0.4, -0.2) is 38.4 Å². The Labute approximate surface area is 157 Å². The first-order chi connectivity index (χ1) is 13.0. The van der Waals surface area contributed by atoms with Crippen LogP contribution in [0.5, 0.6) is 5.75 Å². The summed E-state index contributed by atoms with van der Waals surface area (Å²) in [5.41, 5.74) is 0. The van der Waals surface area contributed by atoms with Crippen molar-refractivity contribution in [3.05, 3.63) is 60.7 Å². The van der Waals surface area contributed by atoms with Crippen molar-refractivity contribution in [1.29, 1.82) is 0 Å². The summed E-state index contributed by atoms with van der Waals surface area (Å²) in [7, 11) is -4.05. The van der Waals surface area contributed by atoms with E-state index in [0.717, 1.165) is 0 Å². The molecule has 1 saturated heterocycles. The Morgan fingerprint density at radius 2 is 1.70 bits per heavy atom. The first-order valence-electron chi connectivity index (χ1n) is 8.63. The number of ether oxygens (including phenoxy) is 2. The maximum absolute atomic E-state index is 12.5. The maximum Gasteiger partial charge on any atom is 0.300 e. The third kappa shape index (κ3) is 5.74. The molecular formula is C19H21FO6S. The fourth-order valence-corrected chi connectivity index (χ4v) is 3.66. The Hall–Kier alpha value is -2.00. The summed E-state index contributed by atoms with van der Waals surface area (Å²) in [6, 6.07) is 16.5. The molecule has 2 aromatic rings. The van der Waals surface area contributed by atoms with E-state index in [1.807, 2.05) is 6.07 Å². The van der Waals surface area contributed by atoms with Gasteiger partial charge in [0.25, 0.3) is 10.1 Å². The number of benzene rings is 2. The second-order valence-electron chi connectivity index (χ2n) is 6.17. The molecule has 27 heavy (non-hydrogen) atoms. The zero-order valence-electron chi connectivity index (χ0n) is 14.5. The highest BCUT2D eigenvalue weighted by Gasteiger charge is 2.48. The van der Waals surface area contributed by atoms with Crippen molar-refractivity contribution in [1.82, 2.24) is 0 Å². The highest BCUT2D eigenvalue weighted by atomic mass is 32.2. The minimum absolute atomic E-state index is 0.0000395. The van der Waals surface area contributed by atoms with Crippen molar-refractivity contribution < 1.29 is 31.6 Å². The molecule has 4 unspecified atom stereocenters. The normalized spacial score (nSPS) is 21.4. The lowest BCUT2D eigenvalue weighted by Gasteiger charge is -2.18. The standard InChI is InChI=1S/C19H21FO6S/c20-17(21)13-7-12-16-18(25-16)19(24-14-8-3-1-4-9-14)26-27(22,23)15-10-5-2-6-11-15/h1-6,8-11,16-19,21H,7,12-13H2. The first kappa shape index (κ1) is 19.8. The molecule has 146 valence electrons. The lowest BCUT2D eigenvalue weighted by atomic mass is 10.1. The van der Waals surface area contributed by atoms with Crippen molar-refractivity contribution in [2.45, 2.75) is 49.0 Å². The second-order valence-corrected chi connectivity index (χ2v) is 7.74. The topological polar surface area (TPSA) is 85.4 Å². The third-order valence-corrected chi connectivity index (χ3v) is 5.36. The van der Waals surface area contributed by atoms with E-state index in [9.17, 15) is 12.8 Å². The van der Waals surface area contributed by atoms with Crippen LogP contribution in [0.4, 0.5) is 4.39 Å². The van der Waals surface area contributed by atoms with Gasteiger partial charge in [-0.2, -0.15) is 8.42 Å². The maximum atomic E-state index is 12.5. The summed E-state index contributed by atoms with van der Waals surface area (Å²) in [5.74, 6) is 0.444. The number of aliphatic hydroxyl groups is 1. The van der Waals surface area contributed by atoms with Crippen LogP contribution in [0.25, 0.3) is 0 Å². The fourth-order valence-electron chi connectivity index (χ4n) is 2.66. The summed E-state index contributed by atoms with van der Waals surface area (Å²) >= 11 is 0. The molecule has 1 fully saturated rings. The molecule has 3 rings (SSSR count). The molecule has 1 aliphatic rings. The molecule has 0 bridgehead atoms. The summed E-state index contributed by atoms with van der Waals surface area (Å²) in [6.07, 6.45) is -3.08. The first-order valence-corrected chi connectivity index (χ1v) is 10.0. The van der Waals surface area contributed by atoms with E-state index in [0.29, 0.717) is 18.6 Å². The average molecular weight is 396 g/mol. The van der Waals surface area contributed by atoms with Gasteiger partial charge in [-0.05, 0) is 37.1 Å². The van der Waals surface area contributed by atoms with Gasteiger partial charge in [0.1, 0.15) is 11.9 Å². The molecule has 2 aromatic carbocycles. The van der Waals surface area contributed by atoms with Crippen LogP contribution < -0.4 is 4.74 Å². The quantitative estimate of drug-likeness (QED) is 0.377. The molecule has 1 N–H and O–H groups in total. The Morgan fingerprint density at radius 1 is 1.07 bits per heavy atom. The van der Waals surface area contributed by atoms with Crippen LogP contribution in [0, 0.1) is 0 Å². The Morgan fingerprint density at radius 3 is 2.33 bits per heavy atom. The van der Waals surface area contributed by atoms with Gasteiger partial charge in [-0.1, -0.05) is 36.4 Å². The summed E-state index contributed by atoms with van der Waals surface area (Å²) in [5, 5.41) is 8.70. The van der Waals surface area contributed by atoms with E-state index in [-0.39, 0.29) is 17.4 Å². The number of hydrogen-bond donors (Lipinski definition) is 1. The van der Waals surface area contributed by atoms with Crippen molar-refractivity contribution in [3.8, 4) is 5.75 Å². The van der Waals surface area contributed by atoms with E-state index >= 15 is 0 Å². The monoisotopic (exact) mass is 396 g/mol. The van der Waals surface area contributed by atoms with Gasteiger partial charge < -0.3 is 14.6 Å². The summed E-state index contributed by atoms with van der Waals surface area (Å²) in [6.45, 7) is 0. The molecule has 6 nitrogen and oxygen atoms in total. The number of rotatable bonds is 10. The number of halogens is 1. The lowest BCUT2D eigenvalue weighted by molar-refractivity contribution is -0.0104. The van der Waals surface area contributed by atoms with E-state index in [4.69, 9.17) is 18.8 Å². The number of aliphatic hydroxyl groups excluding tert-OH is 1. The van der Waals surface area contributed by atoms with Crippen LogP contribution >= 0.6 is 0 Å². The van der Waals surface area contributed by atoms with E-state index in [2.05, 4.69) is 0 Å².